The molecule has 3 aromatic rings. The number of ketones is 2. The van der Waals surface area contributed by atoms with E-state index in [-0.39, 0.29) is 28.3 Å². The first-order valence-electron chi connectivity index (χ1n) is 15.8. The third kappa shape index (κ3) is 5.53. The zero-order chi connectivity index (χ0) is 30.7. The predicted octanol–water partition coefficient (Wildman–Crippen LogP) is 8.03. The van der Waals surface area contributed by atoms with Crippen molar-refractivity contribution in [1.82, 2.24) is 9.47 Å². The number of rotatable bonds is 7. The minimum atomic E-state index is -0.346. The van der Waals surface area contributed by atoms with Crippen molar-refractivity contribution in [3.05, 3.63) is 93.5 Å². The molecular formula is C38H46N2O3. The number of Topliss-reactive ketones (excluding diaryl/α,β-unsaturated/α-hetero) is 2. The molecule has 2 aliphatic carbocycles. The fraction of sp³-hybridized carbons (Fsp3) is 0.474. The Kier molecular flexibility index (Phi) is 7.53. The minimum Gasteiger partial charge on any atom is -0.385 e. The first-order chi connectivity index (χ1) is 20.4. The van der Waals surface area contributed by atoms with E-state index in [1.165, 1.54) is 16.7 Å². The monoisotopic (exact) mass is 578 g/mol. The third-order valence-electron chi connectivity index (χ3n) is 9.52. The number of methoxy groups -OCH3 is 1. The average Bonchev–Trinajstić information content (AvgIpc) is 3.25. The number of nitrogens with zero attached hydrogens (tertiary/aromatic N) is 2. The van der Waals surface area contributed by atoms with E-state index >= 15 is 0 Å². The average molecular weight is 579 g/mol. The van der Waals surface area contributed by atoms with Crippen LogP contribution in [0, 0.1) is 24.7 Å². The van der Waals surface area contributed by atoms with Gasteiger partial charge in [0.15, 0.2) is 11.6 Å². The number of hydrogen-bond acceptors (Lipinski definition) is 4. The fourth-order valence-corrected chi connectivity index (χ4v) is 7.99. The van der Waals surface area contributed by atoms with Crippen molar-refractivity contribution in [3.63, 3.8) is 0 Å². The highest BCUT2D eigenvalue weighted by atomic mass is 16.5. The summed E-state index contributed by atoms with van der Waals surface area (Å²) in [6, 6.07) is 15.2. The van der Waals surface area contributed by atoms with Crippen LogP contribution in [0.1, 0.15) is 88.0 Å². The zero-order valence-electron chi connectivity index (χ0n) is 27.0. The molecule has 0 N–H and O–H groups in total. The summed E-state index contributed by atoms with van der Waals surface area (Å²) in [7, 11) is 1.73. The Morgan fingerprint density at radius 1 is 0.837 bits per heavy atom. The largest absolute Gasteiger partial charge is 0.385 e. The van der Waals surface area contributed by atoms with Gasteiger partial charge in [0, 0.05) is 85.2 Å². The van der Waals surface area contributed by atoms with Crippen molar-refractivity contribution < 1.29 is 14.3 Å². The van der Waals surface area contributed by atoms with E-state index in [9.17, 15) is 9.59 Å². The second kappa shape index (κ2) is 10.9. The van der Waals surface area contributed by atoms with E-state index in [1.54, 1.807) is 7.11 Å². The van der Waals surface area contributed by atoms with E-state index in [0.29, 0.717) is 19.4 Å². The lowest BCUT2D eigenvalue weighted by atomic mass is 9.63. The molecule has 0 bridgehead atoms. The highest BCUT2D eigenvalue weighted by Gasteiger charge is 2.49. The molecule has 0 spiro atoms. The Hall–Kier alpha value is -3.44. The highest BCUT2D eigenvalue weighted by molar-refractivity contribution is 6.08. The number of para-hydroxylation sites is 1. The van der Waals surface area contributed by atoms with Gasteiger partial charge >= 0.3 is 0 Å². The number of hydrogen-bond donors (Lipinski definition) is 0. The van der Waals surface area contributed by atoms with Gasteiger partial charge in [-0.1, -0.05) is 75.2 Å². The Bertz CT molecular complexity index is 1610. The molecular weight excluding hydrogens is 532 g/mol. The Morgan fingerprint density at radius 3 is 2.00 bits per heavy atom. The molecule has 1 aromatic heterocycles. The van der Waals surface area contributed by atoms with Crippen molar-refractivity contribution in [3.8, 4) is 0 Å². The Morgan fingerprint density at radius 2 is 1.42 bits per heavy atom. The van der Waals surface area contributed by atoms with Crippen molar-refractivity contribution in [2.24, 2.45) is 10.8 Å². The second-order valence-electron chi connectivity index (χ2n) is 14.8. The van der Waals surface area contributed by atoms with Gasteiger partial charge in [0.2, 0.25) is 0 Å². The van der Waals surface area contributed by atoms with Crippen LogP contribution in [0.15, 0.2) is 71.2 Å². The van der Waals surface area contributed by atoms with Crippen LogP contribution in [0.2, 0.25) is 0 Å². The highest BCUT2D eigenvalue weighted by Crippen LogP contribution is 2.55. The van der Waals surface area contributed by atoms with Gasteiger partial charge in [-0.05, 0) is 61.1 Å². The SMILES string of the molecule is COCCCN1C2=C(C(=O)CC(C)(C)C2)C(c2cn(Cc3cc(C)cc(C)c3)c3ccccc23)C2=C1CC(C)(C)CC2=O. The summed E-state index contributed by atoms with van der Waals surface area (Å²) >= 11 is 0. The molecule has 0 atom stereocenters. The summed E-state index contributed by atoms with van der Waals surface area (Å²) in [5.41, 5.74) is 9.64. The molecule has 1 aliphatic heterocycles. The first kappa shape index (κ1) is 29.6. The molecule has 5 nitrogen and oxygen atoms in total. The van der Waals surface area contributed by atoms with Gasteiger partial charge in [0.05, 0.1) is 0 Å². The lowest BCUT2D eigenvalue weighted by Gasteiger charge is -2.49. The van der Waals surface area contributed by atoms with Gasteiger partial charge in [-0.3, -0.25) is 9.59 Å². The molecule has 5 heteroatoms. The number of aryl methyl sites for hydroxylation is 2. The van der Waals surface area contributed by atoms with Crippen molar-refractivity contribution in [2.75, 3.05) is 20.3 Å². The van der Waals surface area contributed by atoms with Crippen LogP contribution in [0.25, 0.3) is 10.9 Å². The lowest BCUT2D eigenvalue weighted by molar-refractivity contribution is -0.119. The quantitative estimate of drug-likeness (QED) is 0.266. The van der Waals surface area contributed by atoms with Crippen molar-refractivity contribution in [1.29, 1.82) is 0 Å². The number of benzene rings is 2. The van der Waals surface area contributed by atoms with E-state index in [1.807, 2.05) is 0 Å². The van der Waals surface area contributed by atoms with Gasteiger partial charge < -0.3 is 14.2 Å². The van der Waals surface area contributed by atoms with Crippen molar-refractivity contribution in [2.45, 2.75) is 86.1 Å². The summed E-state index contributed by atoms with van der Waals surface area (Å²) in [4.78, 5) is 30.9. The van der Waals surface area contributed by atoms with Gasteiger partial charge in [-0.15, -0.1) is 0 Å². The number of aromatic nitrogens is 1. The summed E-state index contributed by atoms with van der Waals surface area (Å²) < 4.78 is 7.76. The molecule has 0 saturated heterocycles. The van der Waals surface area contributed by atoms with Crippen LogP contribution >= 0.6 is 0 Å². The minimum absolute atomic E-state index is 0.136. The summed E-state index contributed by atoms with van der Waals surface area (Å²) in [6.07, 6.45) is 5.72. The molecule has 3 aliphatic rings. The molecule has 2 heterocycles. The molecule has 0 saturated carbocycles. The van der Waals surface area contributed by atoms with Gasteiger partial charge in [0.1, 0.15) is 0 Å². The predicted molar refractivity (Wildman–Crippen MR) is 173 cm³/mol. The number of allylic oxidation sites excluding steroid dienone is 4. The number of ether oxygens (including phenoxy) is 1. The standard InChI is InChI=1S/C38H46N2O3/c1-24-15-25(2)17-26(16-24)22-39-23-28(27-11-8-9-12-29(27)39)34-35-30(18-37(3,4)20-32(35)41)40(13-10-14-43-7)31-19-38(5,6)21-33(42)36(31)34/h8-9,11-12,15-17,23,34H,10,13-14,18-22H2,1-7H3. The molecule has 0 fully saturated rings. The summed E-state index contributed by atoms with van der Waals surface area (Å²) in [5, 5.41) is 1.12. The second-order valence-corrected chi connectivity index (χ2v) is 14.8. The fourth-order valence-electron chi connectivity index (χ4n) is 7.99. The molecule has 43 heavy (non-hydrogen) atoms. The maximum Gasteiger partial charge on any atom is 0.162 e. The Labute approximate surface area is 256 Å². The van der Waals surface area contributed by atoms with Crippen molar-refractivity contribution >= 4 is 22.5 Å². The molecule has 0 unspecified atom stereocenters. The molecule has 0 amide bonds. The van der Waals surface area contributed by atoms with E-state index in [2.05, 4.69) is 99.7 Å². The normalized spacial score (nSPS) is 20.2. The zero-order valence-corrected chi connectivity index (χ0v) is 27.0. The molecule has 6 rings (SSSR count). The Balaban J connectivity index is 1.58. The maximum absolute atomic E-state index is 14.3. The van der Waals surface area contributed by atoms with Crippen LogP contribution in [-0.4, -0.2) is 41.3 Å². The van der Waals surface area contributed by atoms with Gasteiger partial charge in [-0.25, -0.2) is 0 Å². The number of fused-ring (bicyclic) bond motifs is 1. The molecule has 226 valence electrons. The molecule has 2 aromatic carbocycles. The third-order valence-corrected chi connectivity index (χ3v) is 9.52. The topological polar surface area (TPSA) is 51.5 Å². The van der Waals surface area contributed by atoms with Crippen LogP contribution in [-0.2, 0) is 20.9 Å². The van der Waals surface area contributed by atoms with Gasteiger partial charge in [-0.2, -0.15) is 0 Å². The number of carbonyl (C=O) groups is 2. The maximum atomic E-state index is 14.3. The van der Waals surface area contributed by atoms with Gasteiger partial charge in [0.25, 0.3) is 0 Å². The molecule has 0 radical (unpaired) electrons. The van der Waals surface area contributed by atoms with E-state index in [4.69, 9.17) is 4.74 Å². The first-order valence-corrected chi connectivity index (χ1v) is 15.8. The summed E-state index contributed by atoms with van der Waals surface area (Å²) in [6.45, 7) is 15.2. The smallest absolute Gasteiger partial charge is 0.162 e. The van der Waals surface area contributed by atoms with Crippen LogP contribution in [0.4, 0.5) is 0 Å². The number of carbonyl (C=O) groups excluding carboxylic acids is 2. The van der Waals surface area contributed by atoms with E-state index < -0.39 is 0 Å². The van der Waals surface area contributed by atoms with Crippen LogP contribution in [0.5, 0.6) is 0 Å². The van der Waals surface area contributed by atoms with E-state index in [0.717, 1.165) is 71.4 Å². The summed E-state index contributed by atoms with van der Waals surface area (Å²) in [5.74, 6) is 0.0212. The van der Waals surface area contributed by atoms with Crippen LogP contribution < -0.4 is 0 Å². The van der Waals surface area contributed by atoms with Crippen LogP contribution in [0.3, 0.4) is 0 Å². The lowest BCUT2D eigenvalue weighted by Crippen LogP contribution is -2.44.